The predicted octanol–water partition coefficient (Wildman–Crippen LogP) is 6.45. The third-order valence-corrected chi connectivity index (χ3v) is 7.46. The third kappa shape index (κ3) is 4.81. The number of amides is 1. The fourth-order valence-corrected chi connectivity index (χ4v) is 5.03. The number of aromatic nitrogens is 4. The number of hydrogen-bond donors (Lipinski definition) is 1. The van der Waals surface area contributed by atoms with Gasteiger partial charge in [-0.25, -0.2) is 9.97 Å². The van der Waals surface area contributed by atoms with E-state index in [1.165, 1.54) is 0 Å². The number of halogens is 1. The van der Waals surface area contributed by atoms with Gasteiger partial charge < -0.3 is 5.32 Å². The molecule has 1 saturated carbocycles. The number of carbonyl (C=O) groups excluding carboxylic acids is 1. The quantitative estimate of drug-likeness (QED) is 0.255. The Morgan fingerprint density at radius 2 is 1.51 bits per heavy atom. The summed E-state index contributed by atoms with van der Waals surface area (Å²) >= 11 is 6.16. The molecule has 8 heteroatoms. The summed E-state index contributed by atoms with van der Waals surface area (Å²) in [5.41, 5.74) is 5.11. The summed E-state index contributed by atoms with van der Waals surface area (Å²) in [4.78, 5) is 36.2. The van der Waals surface area contributed by atoms with Gasteiger partial charge >= 0.3 is 0 Å². The van der Waals surface area contributed by atoms with E-state index in [4.69, 9.17) is 16.6 Å². The third-order valence-electron chi connectivity index (χ3n) is 7.21. The number of nitrogens with one attached hydrogen (secondary N) is 1. The van der Waals surface area contributed by atoms with E-state index in [0.29, 0.717) is 33.4 Å². The van der Waals surface area contributed by atoms with Crippen LogP contribution in [-0.4, -0.2) is 31.1 Å². The smallest absolute Gasteiger partial charge is 0.286 e. The molecule has 7 nitrogen and oxygen atoms in total. The maximum atomic E-state index is 14.0. The Balaban J connectivity index is 1.39. The molecule has 0 saturated heterocycles. The van der Waals surface area contributed by atoms with E-state index in [9.17, 15) is 9.59 Å². The van der Waals surface area contributed by atoms with Crippen LogP contribution in [0.5, 0.6) is 0 Å². The summed E-state index contributed by atoms with van der Waals surface area (Å²) in [5, 5.41) is 3.59. The van der Waals surface area contributed by atoms with Crippen LogP contribution < -0.4 is 10.9 Å². The van der Waals surface area contributed by atoms with Crippen LogP contribution in [0.25, 0.3) is 45.1 Å². The first kappa shape index (κ1) is 25.0. The van der Waals surface area contributed by atoms with E-state index in [2.05, 4.69) is 22.4 Å². The molecule has 4 aromatic carbocycles. The second kappa shape index (κ2) is 10.2. The first-order chi connectivity index (χ1) is 20.0. The summed E-state index contributed by atoms with van der Waals surface area (Å²) in [7, 11) is 0. The van der Waals surface area contributed by atoms with E-state index < -0.39 is 0 Å². The monoisotopic (exact) mass is 557 g/mol. The Labute approximate surface area is 240 Å². The lowest BCUT2D eigenvalue weighted by molar-refractivity contribution is 0.0951. The van der Waals surface area contributed by atoms with Crippen LogP contribution in [0.3, 0.4) is 0 Å². The number of nitrogens with zero attached hydrogens (tertiary/aromatic N) is 4. The van der Waals surface area contributed by atoms with Crippen molar-refractivity contribution in [2.75, 3.05) is 0 Å². The molecule has 2 aromatic heterocycles. The molecule has 0 bridgehead atoms. The highest BCUT2D eigenvalue weighted by molar-refractivity contribution is 6.30. The van der Waals surface area contributed by atoms with Crippen molar-refractivity contribution in [1.82, 2.24) is 24.4 Å². The number of carbonyl (C=O) groups is 1. The van der Waals surface area contributed by atoms with Gasteiger partial charge in [-0.3, -0.25) is 18.7 Å². The fraction of sp³-hybridized carbons (Fsp3) is 0.0909. The lowest BCUT2D eigenvalue weighted by atomic mass is 10.0. The second-order valence-electron chi connectivity index (χ2n) is 10.1. The molecule has 41 heavy (non-hydrogen) atoms. The van der Waals surface area contributed by atoms with Gasteiger partial charge in [0.1, 0.15) is 12.2 Å². The lowest BCUT2D eigenvalue weighted by Gasteiger charge is -2.14. The highest BCUT2D eigenvalue weighted by Crippen LogP contribution is 2.27. The molecule has 200 valence electrons. The minimum atomic E-state index is -0.305. The molecular weight excluding hydrogens is 534 g/mol. The van der Waals surface area contributed by atoms with Crippen LogP contribution in [-0.2, 0) is 0 Å². The Kier molecular flexibility index (Phi) is 6.21. The number of benzene rings is 4. The normalized spacial score (nSPS) is 12.9. The van der Waals surface area contributed by atoms with Crippen LogP contribution in [0.2, 0.25) is 5.02 Å². The molecule has 0 unspecified atom stereocenters. The first-order valence-electron chi connectivity index (χ1n) is 13.4. The van der Waals surface area contributed by atoms with E-state index in [1.54, 1.807) is 51.9 Å². The molecule has 0 atom stereocenters. The fourth-order valence-electron chi connectivity index (χ4n) is 4.90. The maximum Gasteiger partial charge on any atom is 0.286 e. The lowest BCUT2D eigenvalue weighted by Crippen LogP contribution is -2.25. The molecule has 7 rings (SSSR count). The number of hydrogen-bond acceptors (Lipinski definition) is 4. The summed E-state index contributed by atoms with van der Waals surface area (Å²) < 4.78 is 3.31. The van der Waals surface area contributed by atoms with Gasteiger partial charge in [-0.2, -0.15) is 0 Å². The van der Waals surface area contributed by atoms with Gasteiger partial charge in [0.25, 0.3) is 11.5 Å². The van der Waals surface area contributed by atoms with Crippen molar-refractivity contribution >= 4 is 28.7 Å². The van der Waals surface area contributed by atoms with Crippen molar-refractivity contribution in [3.05, 3.63) is 130 Å². The number of imidazole rings is 1. The number of fused-ring (bicyclic) bond motifs is 1. The zero-order valence-electron chi connectivity index (χ0n) is 21.9. The summed E-state index contributed by atoms with van der Waals surface area (Å²) in [5.74, 6) is 0.352. The Morgan fingerprint density at radius 3 is 2.24 bits per heavy atom. The summed E-state index contributed by atoms with van der Waals surface area (Å²) in [6, 6.07) is 32.7. The minimum Gasteiger partial charge on any atom is -0.349 e. The molecule has 0 radical (unpaired) electrons. The largest absolute Gasteiger partial charge is 0.349 e. The van der Waals surface area contributed by atoms with Crippen molar-refractivity contribution in [2.45, 2.75) is 18.9 Å². The van der Waals surface area contributed by atoms with Gasteiger partial charge in [-0.1, -0.05) is 72.3 Å². The topological polar surface area (TPSA) is 81.8 Å². The van der Waals surface area contributed by atoms with Crippen LogP contribution in [0.4, 0.5) is 0 Å². The molecule has 6 aromatic rings. The van der Waals surface area contributed by atoms with Gasteiger partial charge in [-0.15, -0.1) is 0 Å². The molecule has 1 aliphatic carbocycles. The van der Waals surface area contributed by atoms with Crippen molar-refractivity contribution in [2.24, 2.45) is 0 Å². The first-order valence-corrected chi connectivity index (χ1v) is 13.8. The van der Waals surface area contributed by atoms with Crippen LogP contribution in [0.15, 0.2) is 114 Å². The molecule has 1 aliphatic rings. The minimum absolute atomic E-state index is 0.115. The molecule has 1 fully saturated rings. The molecule has 1 N–H and O–H groups in total. The van der Waals surface area contributed by atoms with Crippen molar-refractivity contribution in [3.8, 4) is 33.9 Å². The molecular formula is C33H24ClN5O2. The predicted molar refractivity (Wildman–Crippen MR) is 161 cm³/mol. The highest BCUT2D eigenvalue weighted by atomic mass is 35.5. The van der Waals surface area contributed by atoms with Gasteiger partial charge in [0.15, 0.2) is 11.2 Å². The average Bonchev–Trinajstić information content (AvgIpc) is 3.73. The van der Waals surface area contributed by atoms with Gasteiger partial charge in [0, 0.05) is 27.9 Å². The average molecular weight is 558 g/mol. The molecule has 2 heterocycles. The molecule has 0 spiro atoms. The van der Waals surface area contributed by atoms with E-state index in [-0.39, 0.29) is 23.0 Å². The van der Waals surface area contributed by atoms with E-state index in [0.717, 1.165) is 29.5 Å². The van der Waals surface area contributed by atoms with E-state index >= 15 is 0 Å². The SMILES string of the molecule is O=C(NC1CC1)c1cccc(-n2cnc3c(=O)n(-c4ccc(Cl)cc4)c(-c4ccc(-c5ccccc5)cc4)nc32)c1. The Morgan fingerprint density at radius 1 is 0.805 bits per heavy atom. The maximum absolute atomic E-state index is 14.0. The highest BCUT2D eigenvalue weighted by Gasteiger charge is 2.24. The molecule has 1 amide bonds. The zero-order valence-corrected chi connectivity index (χ0v) is 22.6. The van der Waals surface area contributed by atoms with Gasteiger partial charge in [-0.05, 0) is 66.4 Å². The zero-order chi connectivity index (χ0) is 27.9. The van der Waals surface area contributed by atoms with Gasteiger partial charge in [0.05, 0.1) is 5.69 Å². The Bertz CT molecular complexity index is 1960. The van der Waals surface area contributed by atoms with E-state index in [1.807, 2.05) is 54.6 Å². The van der Waals surface area contributed by atoms with Crippen molar-refractivity contribution < 1.29 is 4.79 Å². The molecule has 0 aliphatic heterocycles. The standard InChI is InChI=1S/C33H24ClN5O2/c34-25-13-17-27(18-14-25)39-30(23-11-9-22(10-12-23)21-5-2-1-3-6-21)37-31-29(33(39)41)35-20-38(31)28-8-4-7-24(19-28)32(40)36-26-15-16-26/h1-14,17-20,26H,15-16H2,(H,36,40). The van der Waals surface area contributed by atoms with Crippen LogP contribution >= 0.6 is 11.6 Å². The second-order valence-corrected chi connectivity index (χ2v) is 10.5. The van der Waals surface area contributed by atoms with Gasteiger partial charge in [0.2, 0.25) is 0 Å². The van der Waals surface area contributed by atoms with Crippen molar-refractivity contribution in [3.63, 3.8) is 0 Å². The summed E-state index contributed by atoms with van der Waals surface area (Å²) in [6.45, 7) is 0. The van der Waals surface area contributed by atoms with Crippen LogP contribution in [0.1, 0.15) is 23.2 Å². The number of rotatable bonds is 6. The Hall–Kier alpha value is -5.01. The van der Waals surface area contributed by atoms with Crippen LogP contribution in [0, 0.1) is 0 Å². The van der Waals surface area contributed by atoms with Crippen molar-refractivity contribution in [1.29, 1.82) is 0 Å². The summed E-state index contributed by atoms with van der Waals surface area (Å²) in [6.07, 6.45) is 3.60.